The van der Waals surface area contributed by atoms with Crippen molar-refractivity contribution >= 4 is 38.1 Å². The van der Waals surface area contributed by atoms with Crippen LogP contribution >= 0.6 is 11.3 Å². The van der Waals surface area contributed by atoms with E-state index in [1.54, 1.807) is 17.5 Å². The van der Waals surface area contributed by atoms with Crippen molar-refractivity contribution in [3.8, 4) is 11.3 Å². The summed E-state index contributed by atoms with van der Waals surface area (Å²) in [5, 5.41) is 5.44. The number of hydrogen-bond donors (Lipinski definition) is 1. The Bertz CT molecular complexity index is 976. The quantitative estimate of drug-likeness (QED) is 0.601. The molecule has 0 bridgehead atoms. The number of rotatable bonds is 2. The van der Waals surface area contributed by atoms with Crippen LogP contribution < -0.4 is 5.32 Å². The van der Waals surface area contributed by atoms with Gasteiger partial charge < -0.3 is 5.32 Å². The normalized spacial score (nSPS) is 11.2. The predicted molar refractivity (Wildman–Crippen MR) is 92.4 cm³/mol. The van der Waals surface area contributed by atoms with Crippen molar-refractivity contribution in [1.29, 1.82) is 0 Å². The molecule has 3 aromatic heterocycles. The van der Waals surface area contributed by atoms with E-state index in [1.807, 2.05) is 32.3 Å². The number of thiazole rings is 1. The minimum absolute atomic E-state index is 0.913. The fraction of sp³-hybridized carbons (Fsp3) is 0.118. The summed E-state index contributed by atoms with van der Waals surface area (Å²) in [6, 6.07) is 10.2. The molecule has 1 aromatic carbocycles. The highest BCUT2D eigenvalue weighted by Crippen LogP contribution is 2.35. The molecular formula is C17H14N4S. The van der Waals surface area contributed by atoms with Gasteiger partial charge in [-0.15, -0.1) is 11.3 Å². The number of hydrogen-bond acceptors (Lipinski definition) is 5. The Morgan fingerprint density at radius 2 is 2.05 bits per heavy atom. The van der Waals surface area contributed by atoms with Gasteiger partial charge in [0.25, 0.3) is 0 Å². The van der Waals surface area contributed by atoms with Crippen LogP contribution in [0.4, 0.5) is 5.69 Å². The molecule has 0 amide bonds. The van der Waals surface area contributed by atoms with Crippen molar-refractivity contribution in [2.24, 2.45) is 0 Å². The first-order valence-electron chi connectivity index (χ1n) is 7.05. The zero-order chi connectivity index (χ0) is 15.1. The van der Waals surface area contributed by atoms with E-state index in [1.165, 1.54) is 4.70 Å². The second-order valence-corrected chi connectivity index (χ2v) is 6.32. The van der Waals surface area contributed by atoms with E-state index in [0.717, 1.165) is 38.4 Å². The highest BCUT2D eigenvalue weighted by molar-refractivity contribution is 7.18. The minimum atomic E-state index is 0.913. The summed E-state index contributed by atoms with van der Waals surface area (Å²) in [4.78, 5) is 13.7. The van der Waals surface area contributed by atoms with Gasteiger partial charge in [0.05, 0.1) is 31.8 Å². The Morgan fingerprint density at radius 3 is 2.82 bits per heavy atom. The molecule has 0 saturated carbocycles. The van der Waals surface area contributed by atoms with Crippen molar-refractivity contribution in [1.82, 2.24) is 15.0 Å². The first-order valence-corrected chi connectivity index (χ1v) is 7.87. The molecular weight excluding hydrogens is 292 g/mol. The van der Waals surface area contributed by atoms with Crippen LogP contribution in [-0.2, 0) is 0 Å². The fourth-order valence-corrected chi connectivity index (χ4v) is 3.52. The molecule has 4 aromatic rings. The van der Waals surface area contributed by atoms with Crippen molar-refractivity contribution in [2.75, 3.05) is 12.4 Å². The van der Waals surface area contributed by atoms with Crippen LogP contribution in [0.2, 0.25) is 0 Å². The standard InChI is InChI=1S/C17H14N4S/c1-10-20-17-15(22-10)6-5-12-16(17)14(18-2)8-13(21-12)11-4-3-7-19-9-11/h3-9H,1-2H3,(H,18,21). The molecule has 0 unspecified atom stereocenters. The minimum Gasteiger partial charge on any atom is -0.387 e. The topological polar surface area (TPSA) is 50.7 Å². The number of aryl methyl sites for hydroxylation is 1. The Morgan fingerprint density at radius 1 is 1.14 bits per heavy atom. The summed E-state index contributed by atoms with van der Waals surface area (Å²) in [6.07, 6.45) is 3.60. The summed E-state index contributed by atoms with van der Waals surface area (Å²) >= 11 is 1.71. The first-order chi connectivity index (χ1) is 10.8. The molecule has 0 saturated heterocycles. The largest absolute Gasteiger partial charge is 0.387 e. The van der Waals surface area contributed by atoms with Gasteiger partial charge in [0, 0.05) is 30.7 Å². The maximum atomic E-state index is 4.80. The van der Waals surface area contributed by atoms with Crippen molar-refractivity contribution < 1.29 is 0 Å². The third kappa shape index (κ3) is 2.02. The maximum absolute atomic E-state index is 4.80. The lowest BCUT2D eigenvalue weighted by atomic mass is 10.1. The van der Waals surface area contributed by atoms with E-state index < -0.39 is 0 Å². The second kappa shape index (κ2) is 5.03. The number of benzene rings is 1. The third-order valence-corrected chi connectivity index (χ3v) is 4.60. The van der Waals surface area contributed by atoms with E-state index in [2.05, 4.69) is 33.5 Å². The summed E-state index contributed by atoms with van der Waals surface area (Å²) < 4.78 is 1.19. The van der Waals surface area contributed by atoms with E-state index >= 15 is 0 Å². The molecule has 5 heteroatoms. The number of nitrogens with one attached hydrogen (secondary N) is 1. The molecule has 0 aliphatic heterocycles. The smallest absolute Gasteiger partial charge is 0.0930 e. The molecule has 0 fully saturated rings. The lowest BCUT2D eigenvalue weighted by Crippen LogP contribution is -1.95. The number of nitrogens with zero attached hydrogens (tertiary/aromatic N) is 3. The van der Waals surface area contributed by atoms with Crippen LogP contribution in [0.3, 0.4) is 0 Å². The average Bonchev–Trinajstić information content (AvgIpc) is 2.95. The molecule has 4 nitrogen and oxygen atoms in total. The molecule has 4 rings (SSSR count). The summed E-state index contributed by atoms with van der Waals surface area (Å²) in [5.74, 6) is 0. The van der Waals surface area contributed by atoms with Crippen molar-refractivity contribution in [3.63, 3.8) is 0 Å². The lowest BCUT2D eigenvalue weighted by Gasteiger charge is -2.09. The number of anilines is 1. The van der Waals surface area contributed by atoms with Gasteiger partial charge in [-0.25, -0.2) is 9.97 Å². The molecule has 0 aliphatic carbocycles. The van der Waals surface area contributed by atoms with Crippen LogP contribution in [0.5, 0.6) is 0 Å². The SMILES string of the molecule is CNc1cc(-c2cccnc2)nc2ccc3sc(C)nc3c12. The van der Waals surface area contributed by atoms with Crippen LogP contribution in [0.1, 0.15) is 5.01 Å². The van der Waals surface area contributed by atoms with Gasteiger partial charge in [-0.1, -0.05) is 0 Å². The Hall–Kier alpha value is -2.53. The van der Waals surface area contributed by atoms with Crippen LogP contribution in [-0.4, -0.2) is 22.0 Å². The first kappa shape index (κ1) is 13.2. The molecule has 0 aliphatic rings. The maximum Gasteiger partial charge on any atom is 0.0930 e. The monoisotopic (exact) mass is 306 g/mol. The number of fused-ring (bicyclic) bond motifs is 3. The van der Waals surface area contributed by atoms with E-state index in [0.29, 0.717) is 0 Å². The molecule has 3 heterocycles. The van der Waals surface area contributed by atoms with Gasteiger partial charge in [-0.05, 0) is 37.3 Å². The molecule has 0 atom stereocenters. The Labute approximate surface area is 131 Å². The fourth-order valence-electron chi connectivity index (χ4n) is 2.68. The molecule has 108 valence electrons. The van der Waals surface area contributed by atoms with E-state index in [-0.39, 0.29) is 0 Å². The van der Waals surface area contributed by atoms with Crippen LogP contribution in [0.15, 0.2) is 42.7 Å². The predicted octanol–water partition coefficient (Wildman–Crippen LogP) is 4.26. The summed E-state index contributed by atoms with van der Waals surface area (Å²) in [7, 11) is 1.93. The van der Waals surface area contributed by atoms with Crippen LogP contribution in [0.25, 0.3) is 32.4 Å². The summed E-state index contributed by atoms with van der Waals surface area (Å²) in [5.41, 5.74) is 4.93. The van der Waals surface area contributed by atoms with Gasteiger partial charge in [0.15, 0.2) is 0 Å². The van der Waals surface area contributed by atoms with Crippen molar-refractivity contribution in [3.05, 3.63) is 47.7 Å². The highest BCUT2D eigenvalue weighted by Gasteiger charge is 2.12. The number of aromatic nitrogens is 3. The molecule has 0 spiro atoms. The van der Waals surface area contributed by atoms with Gasteiger partial charge in [-0.3, -0.25) is 4.98 Å². The average molecular weight is 306 g/mol. The van der Waals surface area contributed by atoms with Gasteiger partial charge in [0.2, 0.25) is 0 Å². The zero-order valence-corrected chi connectivity index (χ0v) is 13.1. The Kier molecular flexibility index (Phi) is 3.01. The van der Waals surface area contributed by atoms with Gasteiger partial charge in [-0.2, -0.15) is 0 Å². The third-order valence-electron chi connectivity index (χ3n) is 3.66. The van der Waals surface area contributed by atoms with E-state index in [9.17, 15) is 0 Å². The van der Waals surface area contributed by atoms with Crippen molar-refractivity contribution in [2.45, 2.75) is 6.92 Å². The van der Waals surface area contributed by atoms with Gasteiger partial charge >= 0.3 is 0 Å². The molecule has 1 N–H and O–H groups in total. The van der Waals surface area contributed by atoms with Gasteiger partial charge in [0.1, 0.15) is 0 Å². The highest BCUT2D eigenvalue weighted by atomic mass is 32.1. The molecule has 22 heavy (non-hydrogen) atoms. The molecule has 0 radical (unpaired) electrons. The second-order valence-electron chi connectivity index (χ2n) is 5.09. The van der Waals surface area contributed by atoms with Crippen LogP contribution in [0, 0.1) is 6.92 Å². The van der Waals surface area contributed by atoms with E-state index in [4.69, 9.17) is 4.98 Å². The summed E-state index contributed by atoms with van der Waals surface area (Å²) in [6.45, 7) is 2.03. The zero-order valence-electron chi connectivity index (χ0n) is 12.3. The Balaban J connectivity index is 2.07. The lowest BCUT2D eigenvalue weighted by molar-refractivity contribution is 1.30. The number of pyridine rings is 2.